The molecule has 0 saturated heterocycles. The van der Waals surface area contributed by atoms with Crippen LogP contribution in [0.1, 0.15) is 31.7 Å². The first-order valence-electron chi connectivity index (χ1n) is 7.37. The minimum atomic E-state index is 0.291. The molecule has 1 aromatic rings. The highest BCUT2D eigenvalue weighted by Crippen LogP contribution is 2.51. The summed E-state index contributed by atoms with van der Waals surface area (Å²) in [6.07, 6.45) is 1.24. The lowest BCUT2D eigenvalue weighted by Gasteiger charge is -2.09. The number of rotatable bonds is 6. The average Bonchev–Trinajstić information content (AvgIpc) is 3.04. The van der Waals surface area contributed by atoms with E-state index in [-0.39, 0.29) is 0 Å². The molecule has 0 radical (unpaired) electrons. The standard InChI is InChI=1S/C16H23NO3/c1-10(2)7-17-8-12-4-13(12)11-5-14(18-3)16-15(6-11)19-9-20-16/h5-6,10,12-13,17H,4,7-9H2,1-3H3. The van der Waals surface area contributed by atoms with Gasteiger partial charge in [0.05, 0.1) is 7.11 Å². The number of hydrogen-bond acceptors (Lipinski definition) is 4. The average molecular weight is 277 g/mol. The van der Waals surface area contributed by atoms with Gasteiger partial charge in [-0.2, -0.15) is 0 Å². The van der Waals surface area contributed by atoms with Crippen LogP contribution in [0.25, 0.3) is 0 Å². The Morgan fingerprint density at radius 3 is 2.95 bits per heavy atom. The minimum absolute atomic E-state index is 0.291. The number of ether oxygens (including phenoxy) is 3. The maximum atomic E-state index is 5.49. The maximum Gasteiger partial charge on any atom is 0.231 e. The van der Waals surface area contributed by atoms with E-state index in [1.54, 1.807) is 7.11 Å². The molecule has 1 aliphatic carbocycles. The second kappa shape index (κ2) is 5.52. The van der Waals surface area contributed by atoms with Gasteiger partial charge in [-0.25, -0.2) is 0 Å². The number of nitrogens with one attached hydrogen (secondary N) is 1. The van der Waals surface area contributed by atoms with Crippen molar-refractivity contribution >= 4 is 0 Å². The first kappa shape index (κ1) is 13.6. The Morgan fingerprint density at radius 2 is 2.20 bits per heavy atom. The van der Waals surface area contributed by atoms with E-state index in [0.29, 0.717) is 18.6 Å². The van der Waals surface area contributed by atoms with Crippen LogP contribution in [-0.2, 0) is 0 Å². The summed E-state index contributed by atoms with van der Waals surface area (Å²) in [6.45, 7) is 6.95. The van der Waals surface area contributed by atoms with Crippen molar-refractivity contribution in [2.24, 2.45) is 11.8 Å². The normalized spacial score (nSPS) is 23.2. The van der Waals surface area contributed by atoms with E-state index in [0.717, 1.165) is 36.3 Å². The van der Waals surface area contributed by atoms with Crippen molar-refractivity contribution in [2.45, 2.75) is 26.2 Å². The van der Waals surface area contributed by atoms with Crippen LogP contribution in [0, 0.1) is 11.8 Å². The number of benzene rings is 1. The summed E-state index contributed by atoms with van der Waals surface area (Å²) >= 11 is 0. The molecule has 1 aromatic carbocycles. The molecule has 1 fully saturated rings. The minimum Gasteiger partial charge on any atom is -0.493 e. The molecule has 20 heavy (non-hydrogen) atoms. The Morgan fingerprint density at radius 1 is 1.35 bits per heavy atom. The van der Waals surface area contributed by atoms with Gasteiger partial charge in [-0.15, -0.1) is 0 Å². The van der Waals surface area contributed by atoms with Crippen molar-refractivity contribution < 1.29 is 14.2 Å². The predicted octanol–water partition coefficient (Wildman–Crippen LogP) is 2.77. The van der Waals surface area contributed by atoms with Gasteiger partial charge in [-0.05, 0) is 55.0 Å². The third kappa shape index (κ3) is 2.70. The van der Waals surface area contributed by atoms with Gasteiger partial charge in [-0.1, -0.05) is 13.8 Å². The van der Waals surface area contributed by atoms with Crippen molar-refractivity contribution in [3.8, 4) is 17.2 Å². The zero-order chi connectivity index (χ0) is 14.1. The second-order valence-electron chi connectivity index (χ2n) is 6.11. The van der Waals surface area contributed by atoms with Crippen LogP contribution in [0.15, 0.2) is 12.1 Å². The van der Waals surface area contributed by atoms with Gasteiger partial charge in [0.2, 0.25) is 12.5 Å². The van der Waals surface area contributed by atoms with Crippen molar-refractivity contribution in [2.75, 3.05) is 27.0 Å². The van der Waals surface area contributed by atoms with E-state index in [1.165, 1.54) is 12.0 Å². The summed E-state index contributed by atoms with van der Waals surface area (Å²) in [5.41, 5.74) is 1.31. The molecule has 1 N–H and O–H groups in total. The first-order valence-corrected chi connectivity index (χ1v) is 7.37. The Bertz CT molecular complexity index is 487. The van der Waals surface area contributed by atoms with Gasteiger partial charge >= 0.3 is 0 Å². The smallest absolute Gasteiger partial charge is 0.231 e. The summed E-state index contributed by atoms with van der Waals surface area (Å²) in [5.74, 6) is 4.41. The van der Waals surface area contributed by atoms with E-state index in [1.807, 2.05) is 0 Å². The topological polar surface area (TPSA) is 39.7 Å². The highest BCUT2D eigenvalue weighted by atomic mass is 16.7. The number of methoxy groups -OCH3 is 1. The van der Waals surface area contributed by atoms with E-state index in [2.05, 4.69) is 31.3 Å². The number of fused-ring (bicyclic) bond motifs is 1. The molecule has 2 aliphatic rings. The van der Waals surface area contributed by atoms with Crippen molar-refractivity contribution in [3.63, 3.8) is 0 Å². The third-order valence-electron chi connectivity index (χ3n) is 3.99. The first-order chi connectivity index (χ1) is 9.69. The Labute approximate surface area is 120 Å². The SMILES string of the molecule is COc1cc(C2CC2CNCC(C)C)cc2c1OCO2. The molecule has 0 spiro atoms. The van der Waals surface area contributed by atoms with Crippen LogP contribution in [0.3, 0.4) is 0 Å². The molecule has 4 heteroatoms. The van der Waals surface area contributed by atoms with Crippen molar-refractivity contribution in [1.29, 1.82) is 0 Å². The molecule has 3 rings (SSSR count). The largest absolute Gasteiger partial charge is 0.493 e. The Balaban J connectivity index is 1.64. The molecule has 0 amide bonds. The maximum absolute atomic E-state index is 5.49. The van der Waals surface area contributed by atoms with Crippen LogP contribution < -0.4 is 19.5 Å². The fourth-order valence-corrected chi connectivity index (χ4v) is 2.80. The van der Waals surface area contributed by atoms with Crippen LogP contribution in [0.2, 0.25) is 0 Å². The van der Waals surface area contributed by atoms with Gasteiger partial charge in [0.15, 0.2) is 11.5 Å². The third-order valence-corrected chi connectivity index (χ3v) is 3.99. The molecule has 0 bridgehead atoms. The van der Waals surface area contributed by atoms with Crippen LogP contribution in [0.4, 0.5) is 0 Å². The zero-order valence-electron chi connectivity index (χ0n) is 12.4. The fourth-order valence-electron chi connectivity index (χ4n) is 2.80. The summed E-state index contributed by atoms with van der Waals surface area (Å²) in [5, 5.41) is 3.54. The van der Waals surface area contributed by atoms with Crippen LogP contribution in [-0.4, -0.2) is 27.0 Å². The summed E-state index contributed by atoms with van der Waals surface area (Å²) < 4.78 is 16.3. The quantitative estimate of drug-likeness (QED) is 0.868. The molecular formula is C16H23NO3. The molecule has 1 aliphatic heterocycles. The van der Waals surface area contributed by atoms with E-state index in [9.17, 15) is 0 Å². The van der Waals surface area contributed by atoms with Gasteiger partial charge in [0, 0.05) is 0 Å². The lowest BCUT2D eigenvalue weighted by molar-refractivity contribution is 0.171. The molecule has 0 aromatic heterocycles. The highest BCUT2D eigenvalue weighted by molar-refractivity contribution is 5.56. The lowest BCUT2D eigenvalue weighted by Crippen LogP contribution is -2.22. The van der Waals surface area contributed by atoms with Crippen molar-refractivity contribution in [3.05, 3.63) is 17.7 Å². The second-order valence-corrected chi connectivity index (χ2v) is 6.11. The van der Waals surface area contributed by atoms with Crippen LogP contribution in [0.5, 0.6) is 17.2 Å². The predicted molar refractivity (Wildman–Crippen MR) is 77.7 cm³/mol. The van der Waals surface area contributed by atoms with E-state index >= 15 is 0 Å². The van der Waals surface area contributed by atoms with Gasteiger partial charge in [0.25, 0.3) is 0 Å². The Hall–Kier alpha value is -1.42. The lowest BCUT2D eigenvalue weighted by atomic mass is 10.1. The number of hydrogen-bond donors (Lipinski definition) is 1. The monoisotopic (exact) mass is 277 g/mol. The molecule has 1 saturated carbocycles. The summed E-state index contributed by atoms with van der Waals surface area (Å²) in [7, 11) is 1.68. The van der Waals surface area contributed by atoms with Gasteiger partial charge in [-0.3, -0.25) is 0 Å². The highest BCUT2D eigenvalue weighted by Gasteiger charge is 2.39. The molecule has 4 nitrogen and oxygen atoms in total. The van der Waals surface area contributed by atoms with Crippen molar-refractivity contribution in [1.82, 2.24) is 5.32 Å². The molecule has 110 valence electrons. The van der Waals surface area contributed by atoms with Crippen LogP contribution >= 0.6 is 0 Å². The van der Waals surface area contributed by atoms with Gasteiger partial charge < -0.3 is 19.5 Å². The Kier molecular flexibility index (Phi) is 3.74. The zero-order valence-corrected chi connectivity index (χ0v) is 12.4. The molecule has 2 atom stereocenters. The fraction of sp³-hybridized carbons (Fsp3) is 0.625. The van der Waals surface area contributed by atoms with E-state index < -0.39 is 0 Å². The summed E-state index contributed by atoms with van der Waals surface area (Å²) in [4.78, 5) is 0. The van der Waals surface area contributed by atoms with Gasteiger partial charge in [0.1, 0.15) is 0 Å². The molecule has 2 unspecified atom stereocenters. The summed E-state index contributed by atoms with van der Waals surface area (Å²) in [6, 6.07) is 4.21. The molecule has 1 heterocycles. The van der Waals surface area contributed by atoms with E-state index in [4.69, 9.17) is 14.2 Å². The molecular weight excluding hydrogens is 254 g/mol.